The number of methoxy groups -OCH3 is 1. The Balaban J connectivity index is 1.93. The fourth-order valence-electron chi connectivity index (χ4n) is 2.47. The van der Waals surface area contributed by atoms with E-state index >= 15 is 0 Å². The smallest absolute Gasteiger partial charge is 0.354 e. The third-order valence-electron chi connectivity index (χ3n) is 3.83. The number of hydrogen-bond donors (Lipinski definition) is 1. The van der Waals surface area contributed by atoms with Gasteiger partial charge >= 0.3 is 5.97 Å². The summed E-state index contributed by atoms with van der Waals surface area (Å²) in [5.41, 5.74) is 0.431. The molecule has 0 aliphatic carbocycles. The van der Waals surface area contributed by atoms with Crippen molar-refractivity contribution < 1.29 is 14.3 Å². The van der Waals surface area contributed by atoms with Gasteiger partial charge in [0.1, 0.15) is 11.4 Å². The molecule has 1 aromatic heterocycles. The molecule has 4 heteroatoms. The lowest BCUT2D eigenvalue weighted by molar-refractivity contribution is 0.0594. The molecule has 1 heterocycles. The van der Waals surface area contributed by atoms with Crippen LogP contribution < -0.4 is 4.74 Å². The van der Waals surface area contributed by atoms with Gasteiger partial charge < -0.3 is 14.5 Å². The van der Waals surface area contributed by atoms with E-state index in [0.717, 1.165) is 6.42 Å². The van der Waals surface area contributed by atoms with E-state index in [0.29, 0.717) is 18.1 Å². The Morgan fingerprint density at radius 1 is 1.00 bits per heavy atom. The van der Waals surface area contributed by atoms with Crippen LogP contribution >= 0.6 is 0 Å². The van der Waals surface area contributed by atoms with Gasteiger partial charge in [0.05, 0.1) is 13.7 Å². The number of unbranched alkanes of at least 4 members (excludes halogenated alkanes) is 9. The van der Waals surface area contributed by atoms with Crippen LogP contribution in [0, 0.1) is 0 Å². The Morgan fingerprint density at radius 3 is 2.18 bits per heavy atom. The zero-order chi connectivity index (χ0) is 16.0. The van der Waals surface area contributed by atoms with E-state index in [2.05, 4.69) is 16.6 Å². The number of aromatic amines is 1. The quantitative estimate of drug-likeness (QED) is 0.407. The molecular formula is C18H31NO3. The second-order valence-electron chi connectivity index (χ2n) is 5.77. The third-order valence-corrected chi connectivity index (χ3v) is 3.83. The Morgan fingerprint density at radius 2 is 1.59 bits per heavy atom. The number of esters is 1. The Labute approximate surface area is 134 Å². The fourth-order valence-corrected chi connectivity index (χ4v) is 2.47. The van der Waals surface area contributed by atoms with Crippen LogP contribution in [0.4, 0.5) is 0 Å². The van der Waals surface area contributed by atoms with Gasteiger partial charge in [-0.2, -0.15) is 0 Å². The van der Waals surface area contributed by atoms with Gasteiger partial charge in [0.25, 0.3) is 0 Å². The van der Waals surface area contributed by atoms with Gasteiger partial charge in [-0.05, 0) is 6.42 Å². The monoisotopic (exact) mass is 309 g/mol. The molecule has 1 aromatic rings. The van der Waals surface area contributed by atoms with Crippen molar-refractivity contribution in [1.82, 2.24) is 4.98 Å². The zero-order valence-corrected chi connectivity index (χ0v) is 14.2. The first-order chi connectivity index (χ1) is 10.8. The number of carbonyl (C=O) groups excluding carboxylic acids is 1. The summed E-state index contributed by atoms with van der Waals surface area (Å²) in [5.74, 6) is 0.338. The first-order valence-electron chi connectivity index (χ1n) is 8.67. The van der Waals surface area contributed by atoms with Crippen molar-refractivity contribution in [3.8, 4) is 5.75 Å². The SMILES string of the molecule is CCCCCCCCCCCCOc1c[nH]c(C(=O)OC)c1. The molecule has 0 unspecified atom stereocenters. The van der Waals surface area contributed by atoms with Crippen LogP contribution in [0.1, 0.15) is 81.6 Å². The largest absolute Gasteiger partial charge is 0.492 e. The van der Waals surface area contributed by atoms with Crippen molar-refractivity contribution in [3.05, 3.63) is 18.0 Å². The van der Waals surface area contributed by atoms with Crippen LogP contribution in [0.25, 0.3) is 0 Å². The van der Waals surface area contributed by atoms with Crippen LogP contribution in [0.5, 0.6) is 5.75 Å². The maximum atomic E-state index is 11.3. The van der Waals surface area contributed by atoms with E-state index < -0.39 is 0 Å². The van der Waals surface area contributed by atoms with Gasteiger partial charge in [0.15, 0.2) is 0 Å². The highest BCUT2D eigenvalue weighted by atomic mass is 16.5. The highest BCUT2D eigenvalue weighted by molar-refractivity contribution is 5.87. The summed E-state index contributed by atoms with van der Waals surface area (Å²) in [7, 11) is 1.37. The van der Waals surface area contributed by atoms with E-state index in [1.54, 1.807) is 12.3 Å². The zero-order valence-electron chi connectivity index (χ0n) is 14.2. The van der Waals surface area contributed by atoms with E-state index in [1.807, 2.05) is 0 Å². The van der Waals surface area contributed by atoms with Crippen molar-refractivity contribution >= 4 is 5.97 Å². The molecule has 0 atom stereocenters. The maximum absolute atomic E-state index is 11.3. The molecule has 0 saturated carbocycles. The summed E-state index contributed by atoms with van der Waals surface area (Å²) in [4.78, 5) is 14.1. The first kappa shape index (κ1) is 18.6. The third kappa shape index (κ3) is 8.11. The normalized spacial score (nSPS) is 10.6. The lowest BCUT2D eigenvalue weighted by Crippen LogP contribution is -2.00. The fraction of sp³-hybridized carbons (Fsp3) is 0.722. The minimum Gasteiger partial charge on any atom is -0.492 e. The first-order valence-corrected chi connectivity index (χ1v) is 8.67. The second kappa shape index (κ2) is 12.1. The maximum Gasteiger partial charge on any atom is 0.354 e. The molecule has 126 valence electrons. The molecule has 1 N–H and O–H groups in total. The number of ether oxygens (including phenoxy) is 2. The molecule has 4 nitrogen and oxygen atoms in total. The highest BCUT2D eigenvalue weighted by Crippen LogP contribution is 2.14. The van der Waals surface area contributed by atoms with Gasteiger partial charge in [-0.1, -0.05) is 64.7 Å². The molecule has 0 aliphatic rings. The molecule has 1 rings (SSSR count). The number of nitrogens with one attached hydrogen (secondary N) is 1. The minimum absolute atomic E-state index is 0.367. The molecule has 0 radical (unpaired) electrons. The summed E-state index contributed by atoms with van der Waals surface area (Å²) >= 11 is 0. The Bertz CT molecular complexity index is 401. The number of H-pyrrole nitrogens is 1. The van der Waals surface area contributed by atoms with E-state index in [1.165, 1.54) is 64.9 Å². The molecule has 0 amide bonds. The Hall–Kier alpha value is -1.45. The van der Waals surface area contributed by atoms with Crippen LogP contribution in [0.2, 0.25) is 0 Å². The summed E-state index contributed by atoms with van der Waals surface area (Å²) in [5, 5.41) is 0. The summed E-state index contributed by atoms with van der Waals surface area (Å²) in [6, 6.07) is 1.68. The predicted octanol–water partition coefficient (Wildman–Crippen LogP) is 5.10. The van der Waals surface area contributed by atoms with Crippen LogP contribution in [-0.2, 0) is 4.74 Å². The molecule has 22 heavy (non-hydrogen) atoms. The van der Waals surface area contributed by atoms with E-state index in [9.17, 15) is 4.79 Å². The van der Waals surface area contributed by atoms with Gasteiger partial charge in [-0.3, -0.25) is 0 Å². The standard InChI is InChI=1S/C18H31NO3/c1-3-4-5-6-7-8-9-10-11-12-13-22-16-14-17(19-15-16)18(20)21-2/h14-15,19H,3-13H2,1-2H3. The van der Waals surface area contributed by atoms with Crippen molar-refractivity contribution in [1.29, 1.82) is 0 Å². The predicted molar refractivity (Wildman–Crippen MR) is 89.5 cm³/mol. The highest BCUT2D eigenvalue weighted by Gasteiger charge is 2.08. The van der Waals surface area contributed by atoms with Crippen molar-refractivity contribution in [2.45, 2.75) is 71.1 Å². The molecule has 0 aromatic carbocycles. The van der Waals surface area contributed by atoms with Gasteiger partial charge in [-0.25, -0.2) is 4.79 Å². The van der Waals surface area contributed by atoms with E-state index in [4.69, 9.17) is 4.74 Å². The lowest BCUT2D eigenvalue weighted by Gasteiger charge is -2.04. The van der Waals surface area contributed by atoms with Crippen LogP contribution in [0.15, 0.2) is 12.3 Å². The molecule has 0 saturated heterocycles. The minimum atomic E-state index is -0.367. The molecular weight excluding hydrogens is 278 g/mol. The van der Waals surface area contributed by atoms with Gasteiger partial charge in [0.2, 0.25) is 0 Å². The molecule has 0 aliphatic heterocycles. The van der Waals surface area contributed by atoms with E-state index in [-0.39, 0.29) is 5.97 Å². The topological polar surface area (TPSA) is 51.3 Å². The molecule has 0 spiro atoms. The lowest BCUT2D eigenvalue weighted by atomic mass is 10.1. The van der Waals surface area contributed by atoms with Crippen LogP contribution in [0.3, 0.4) is 0 Å². The van der Waals surface area contributed by atoms with Gasteiger partial charge in [-0.15, -0.1) is 0 Å². The summed E-state index contributed by atoms with van der Waals surface area (Å²) in [6.07, 6.45) is 14.8. The van der Waals surface area contributed by atoms with Crippen molar-refractivity contribution in [2.24, 2.45) is 0 Å². The summed E-state index contributed by atoms with van der Waals surface area (Å²) in [6.45, 7) is 2.96. The molecule has 0 bridgehead atoms. The second-order valence-corrected chi connectivity index (χ2v) is 5.77. The Kier molecular flexibility index (Phi) is 10.3. The van der Waals surface area contributed by atoms with Crippen LogP contribution in [-0.4, -0.2) is 24.7 Å². The average Bonchev–Trinajstić information content (AvgIpc) is 3.00. The number of carbonyl (C=O) groups is 1. The van der Waals surface area contributed by atoms with Crippen molar-refractivity contribution in [2.75, 3.05) is 13.7 Å². The number of rotatable bonds is 13. The van der Waals surface area contributed by atoms with Crippen molar-refractivity contribution in [3.63, 3.8) is 0 Å². The molecule has 0 fully saturated rings. The number of aromatic nitrogens is 1. The summed E-state index contributed by atoms with van der Waals surface area (Å²) < 4.78 is 10.2. The van der Waals surface area contributed by atoms with Gasteiger partial charge in [0, 0.05) is 12.3 Å². The number of hydrogen-bond acceptors (Lipinski definition) is 3. The average molecular weight is 309 g/mol.